The fraction of sp³-hybridized carbons (Fsp3) is 0.174. The van der Waals surface area contributed by atoms with Gasteiger partial charge in [-0.1, -0.05) is 6.07 Å². The number of aliphatic imine (C=N–C) groups is 1. The first kappa shape index (κ1) is 20.3. The molecular formula is C23H20FN5O2. The summed E-state index contributed by atoms with van der Waals surface area (Å²) < 4.78 is 19.6. The fourth-order valence-electron chi connectivity index (χ4n) is 3.07. The number of benzene rings is 1. The number of hydrogen-bond acceptors (Lipinski definition) is 6. The zero-order valence-electron chi connectivity index (χ0n) is 17.0. The minimum absolute atomic E-state index is 0.304. The average molecular weight is 417 g/mol. The summed E-state index contributed by atoms with van der Waals surface area (Å²) in [5.41, 5.74) is 3.63. The number of halogens is 1. The topological polar surface area (TPSA) is 89.4 Å². The number of nitrogens with one attached hydrogen (secondary N) is 1. The second-order valence-corrected chi connectivity index (χ2v) is 7.04. The normalized spacial score (nSPS) is 17.4. The van der Waals surface area contributed by atoms with Gasteiger partial charge in [-0.2, -0.15) is 0 Å². The predicted octanol–water partition coefficient (Wildman–Crippen LogP) is 4.09. The molecule has 0 saturated carbocycles. The molecule has 1 N–H and O–H groups in total. The van der Waals surface area contributed by atoms with Gasteiger partial charge in [-0.15, -0.1) is 0 Å². The molecule has 8 heteroatoms. The van der Waals surface area contributed by atoms with E-state index in [1.54, 1.807) is 36.7 Å². The number of hydrogen-bond donors (Lipinski definition) is 1. The molecule has 4 rings (SSSR count). The number of carbonyl (C=O) groups excluding carboxylic acids is 1. The Kier molecular flexibility index (Phi) is 5.79. The molecule has 0 bridgehead atoms. The van der Waals surface area contributed by atoms with E-state index >= 15 is 0 Å². The number of carbonyl (C=O) groups is 1. The number of alkyl halides is 1. The number of amides is 1. The Balaban J connectivity index is 1.51. The van der Waals surface area contributed by atoms with Crippen molar-refractivity contribution in [2.45, 2.75) is 26.2 Å². The van der Waals surface area contributed by atoms with Gasteiger partial charge in [0.15, 0.2) is 12.0 Å². The second kappa shape index (κ2) is 8.83. The molecular weight excluding hydrogens is 397 g/mol. The number of nitrogens with zero attached hydrogens (tertiary/aromatic N) is 4. The van der Waals surface area contributed by atoms with Gasteiger partial charge in [-0.25, -0.2) is 14.4 Å². The summed E-state index contributed by atoms with van der Waals surface area (Å²) in [5.74, 6) is 0.500. The van der Waals surface area contributed by atoms with Crippen LogP contribution in [-0.4, -0.2) is 39.5 Å². The molecule has 1 aliphatic heterocycles. The van der Waals surface area contributed by atoms with Crippen molar-refractivity contribution in [1.82, 2.24) is 15.0 Å². The van der Waals surface area contributed by atoms with Crippen LogP contribution in [0.2, 0.25) is 0 Å². The Morgan fingerprint density at radius 1 is 1.10 bits per heavy atom. The monoisotopic (exact) mass is 417 g/mol. The lowest BCUT2D eigenvalue weighted by Crippen LogP contribution is -2.26. The van der Waals surface area contributed by atoms with E-state index < -0.39 is 12.4 Å². The highest BCUT2D eigenvalue weighted by molar-refractivity contribution is 6.04. The van der Waals surface area contributed by atoms with Gasteiger partial charge in [0.25, 0.3) is 5.91 Å². The van der Waals surface area contributed by atoms with Gasteiger partial charge in [0.1, 0.15) is 5.75 Å². The minimum Gasteiger partial charge on any atom is -0.465 e. The maximum atomic E-state index is 13.9. The van der Waals surface area contributed by atoms with E-state index in [2.05, 4.69) is 25.3 Å². The summed E-state index contributed by atoms with van der Waals surface area (Å²) in [6.07, 6.45) is 8.44. The molecule has 1 amide bonds. The van der Waals surface area contributed by atoms with Crippen LogP contribution in [0.1, 0.15) is 21.5 Å². The van der Waals surface area contributed by atoms with Gasteiger partial charge in [-0.05, 0) is 55.3 Å². The molecule has 2 aromatic heterocycles. The molecule has 1 aliphatic rings. The van der Waals surface area contributed by atoms with Crippen LogP contribution in [0.15, 0.2) is 66.2 Å². The molecule has 0 saturated heterocycles. The van der Waals surface area contributed by atoms with Crippen LogP contribution >= 0.6 is 0 Å². The van der Waals surface area contributed by atoms with E-state index in [0.717, 1.165) is 16.7 Å². The predicted molar refractivity (Wildman–Crippen MR) is 116 cm³/mol. The third-order valence-corrected chi connectivity index (χ3v) is 4.81. The van der Waals surface area contributed by atoms with E-state index in [1.165, 1.54) is 24.7 Å². The first-order valence-corrected chi connectivity index (χ1v) is 9.67. The summed E-state index contributed by atoms with van der Waals surface area (Å²) in [6, 6.07) is 7.17. The quantitative estimate of drug-likeness (QED) is 0.675. The first-order chi connectivity index (χ1) is 15.0. The largest absolute Gasteiger partial charge is 0.465 e. The van der Waals surface area contributed by atoms with Crippen LogP contribution in [0.3, 0.4) is 0 Å². The van der Waals surface area contributed by atoms with Crippen LogP contribution < -0.4 is 10.1 Å². The number of aromatic nitrogens is 3. The van der Waals surface area contributed by atoms with Gasteiger partial charge in [-0.3, -0.25) is 14.8 Å². The lowest BCUT2D eigenvalue weighted by molar-refractivity contribution is 0.102. The van der Waals surface area contributed by atoms with Gasteiger partial charge >= 0.3 is 0 Å². The number of allylic oxidation sites excluding steroid dienone is 1. The summed E-state index contributed by atoms with van der Waals surface area (Å²) in [5, 5.41) is 2.72. The Morgan fingerprint density at radius 3 is 2.71 bits per heavy atom. The molecule has 0 aliphatic carbocycles. The maximum absolute atomic E-state index is 13.9. The molecule has 0 fully saturated rings. The number of aryl methyl sites for hydroxylation is 2. The summed E-state index contributed by atoms with van der Waals surface area (Å²) in [7, 11) is 0. The third-order valence-electron chi connectivity index (χ3n) is 4.81. The number of ether oxygens (including phenoxy) is 1. The Labute approximate surface area is 178 Å². The molecule has 3 heterocycles. The van der Waals surface area contributed by atoms with E-state index in [4.69, 9.17) is 4.74 Å². The highest BCUT2D eigenvalue weighted by Gasteiger charge is 2.21. The first-order valence-electron chi connectivity index (χ1n) is 9.67. The highest BCUT2D eigenvalue weighted by Crippen LogP contribution is 2.28. The molecule has 7 nitrogen and oxygen atoms in total. The number of pyridine rings is 1. The number of anilines is 1. The highest BCUT2D eigenvalue weighted by atomic mass is 19.1. The Morgan fingerprint density at radius 2 is 1.97 bits per heavy atom. The molecule has 1 aromatic carbocycles. The third kappa shape index (κ3) is 4.63. The summed E-state index contributed by atoms with van der Waals surface area (Å²) >= 11 is 0. The second-order valence-electron chi connectivity index (χ2n) is 7.04. The smallest absolute Gasteiger partial charge is 0.258 e. The van der Waals surface area contributed by atoms with Crippen molar-refractivity contribution in [2.24, 2.45) is 4.99 Å². The van der Waals surface area contributed by atoms with Crippen molar-refractivity contribution < 1.29 is 13.9 Å². The van der Waals surface area contributed by atoms with Crippen molar-refractivity contribution in [1.29, 1.82) is 0 Å². The lowest BCUT2D eigenvalue weighted by Gasteiger charge is -2.19. The zero-order valence-corrected chi connectivity index (χ0v) is 17.0. The van der Waals surface area contributed by atoms with Crippen molar-refractivity contribution in [3.8, 4) is 17.0 Å². The van der Waals surface area contributed by atoms with Crippen LogP contribution in [0, 0.1) is 13.8 Å². The molecule has 0 spiro atoms. The van der Waals surface area contributed by atoms with Gasteiger partial charge < -0.3 is 10.1 Å². The average Bonchev–Trinajstić information content (AvgIpc) is 2.77. The summed E-state index contributed by atoms with van der Waals surface area (Å²) in [6.45, 7) is 3.77. The van der Waals surface area contributed by atoms with Gasteiger partial charge in [0, 0.05) is 24.2 Å². The van der Waals surface area contributed by atoms with E-state index in [9.17, 15) is 9.18 Å². The zero-order chi connectivity index (χ0) is 21.8. The van der Waals surface area contributed by atoms with Crippen molar-refractivity contribution >= 4 is 17.9 Å². The van der Waals surface area contributed by atoms with Crippen molar-refractivity contribution in [2.75, 3.05) is 5.32 Å². The maximum Gasteiger partial charge on any atom is 0.258 e. The van der Waals surface area contributed by atoms with Crippen LogP contribution in [0.5, 0.6) is 5.75 Å². The molecule has 156 valence electrons. The van der Waals surface area contributed by atoms with Crippen LogP contribution in [-0.2, 0) is 0 Å². The van der Waals surface area contributed by atoms with Crippen molar-refractivity contribution in [3.05, 3.63) is 77.9 Å². The molecule has 2 unspecified atom stereocenters. The van der Waals surface area contributed by atoms with Gasteiger partial charge in [0.2, 0.25) is 6.23 Å². The number of rotatable bonds is 5. The molecule has 0 radical (unpaired) electrons. The van der Waals surface area contributed by atoms with Crippen LogP contribution in [0.4, 0.5) is 10.2 Å². The van der Waals surface area contributed by atoms with Crippen LogP contribution in [0.25, 0.3) is 11.3 Å². The van der Waals surface area contributed by atoms with E-state index in [-0.39, 0.29) is 5.91 Å². The van der Waals surface area contributed by atoms with Gasteiger partial charge in [0.05, 0.1) is 23.7 Å². The summed E-state index contributed by atoms with van der Waals surface area (Å²) in [4.78, 5) is 29.1. The number of dihydropyridines is 1. The minimum atomic E-state index is -1.30. The molecule has 3 aromatic rings. The SMILES string of the molecule is Cc1ccncc1C(=O)Nc1cnc(-c2cc(OC3N=CC=CC3F)ccc2C)cn1. The molecule has 31 heavy (non-hydrogen) atoms. The van der Waals surface area contributed by atoms with E-state index in [0.29, 0.717) is 22.8 Å². The van der Waals surface area contributed by atoms with E-state index in [1.807, 2.05) is 19.9 Å². The van der Waals surface area contributed by atoms with Crippen molar-refractivity contribution in [3.63, 3.8) is 0 Å². The Bertz CT molecular complexity index is 1160. The standard InChI is InChI=1S/C23H20FN5O2/c1-14-5-6-16(31-23-19(24)4-3-8-26-23)10-17(14)20-12-28-21(13-27-20)29-22(30)18-11-25-9-7-15(18)2/h3-13,19,23H,1-2H3,(H,28,29,30). The Hall–Kier alpha value is -3.94. The fourth-order valence-corrected chi connectivity index (χ4v) is 3.07. The molecule has 2 atom stereocenters. The lowest BCUT2D eigenvalue weighted by atomic mass is 10.1.